The second-order valence-corrected chi connectivity index (χ2v) is 4.21. The van der Waals surface area contributed by atoms with Gasteiger partial charge in [0.2, 0.25) is 0 Å². The summed E-state index contributed by atoms with van der Waals surface area (Å²) >= 11 is 0. The monoisotopic (exact) mass is 240 g/mol. The van der Waals surface area contributed by atoms with Crippen LogP contribution in [-0.2, 0) is 4.79 Å². The third-order valence-corrected chi connectivity index (χ3v) is 2.90. The van der Waals surface area contributed by atoms with E-state index in [4.69, 9.17) is 5.11 Å². The number of carbonyl (C=O) groups excluding carboxylic acids is 1. The number of carboxylic acid groups (broad SMARTS) is 1. The Morgan fingerprint density at radius 3 is 2.82 bits per heavy atom. The van der Waals surface area contributed by atoms with Crippen LogP contribution in [0.4, 0.5) is 4.79 Å². The number of carboxylic acids is 1. The maximum atomic E-state index is 12.2. The van der Waals surface area contributed by atoms with Crippen molar-refractivity contribution in [3.05, 3.63) is 12.7 Å². The molecule has 0 aromatic heterocycles. The van der Waals surface area contributed by atoms with Crippen molar-refractivity contribution >= 4 is 12.0 Å². The SMILES string of the molecule is C=CCN(CCC)C(=O)N1CCC[C@H]1C(=O)O. The van der Waals surface area contributed by atoms with Gasteiger partial charge in [0, 0.05) is 19.6 Å². The van der Waals surface area contributed by atoms with Gasteiger partial charge in [-0.1, -0.05) is 13.0 Å². The predicted octanol–water partition coefficient (Wildman–Crippen LogP) is 1.55. The van der Waals surface area contributed by atoms with Crippen LogP contribution in [0.5, 0.6) is 0 Å². The van der Waals surface area contributed by atoms with Gasteiger partial charge in [-0.2, -0.15) is 0 Å². The summed E-state index contributed by atoms with van der Waals surface area (Å²) < 4.78 is 0. The van der Waals surface area contributed by atoms with E-state index >= 15 is 0 Å². The van der Waals surface area contributed by atoms with E-state index in [1.807, 2.05) is 6.92 Å². The highest BCUT2D eigenvalue weighted by atomic mass is 16.4. The molecular formula is C12H20N2O3. The van der Waals surface area contributed by atoms with Gasteiger partial charge in [0.15, 0.2) is 0 Å². The first-order chi connectivity index (χ1) is 8.11. The van der Waals surface area contributed by atoms with Crippen molar-refractivity contribution in [1.29, 1.82) is 0 Å². The van der Waals surface area contributed by atoms with Gasteiger partial charge >= 0.3 is 12.0 Å². The highest BCUT2D eigenvalue weighted by Gasteiger charge is 2.35. The second-order valence-electron chi connectivity index (χ2n) is 4.21. The Morgan fingerprint density at radius 1 is 1.59 bits per heavy atom. The van der Waals surface area contributed by atoms with Gasteiger partial charge in [-0.3, -0.25) is 0 Å². The molecule has 0 spiro atoms. The van der Waals surface area contributed by atoms with Crippen molar-refractivity contribution in [3.63, 3.8) is 0 Å². The maximum absolute atomic E-state index is 12.2. The zero-order valence-electron chi connectivity index (χ0n) is 10.3. The van der Waals surface area contributed by atoms with Crippen molar-refractivity contribution in [1.82, 2.24) is 9.80 Å². The maximum Gasteiger partial charge on any atom is 0.326 e. The van der Waals surface area contributed by atoms with Crippen LogP contribution in [0.1, 0.15) is 26.2 Å². The van der Waals surface area contributed by atoms with Gasteiger partial charge in [0.25, 0.3) is 0 Å². The molecule has 0 saturated carbocycles. The Bertz CT molecular complexity index is 304. The molecule has 1 N–H and O–H groups in total. The lowest BCUT2D eigenvalue weighted by Crippen LogP contribution is -2.48. The van der Waals surface area contributed by atoms with E-state index in [-0.39, 0.29) is 6.03 Å². The molecule has 1 aliphatic heterocycles. The number of urea groups is 1. The number of rotatable bonds is 5. The number of hydrogen-bond acceptors (Lipinski definition) is 2. The molecule has 5 heteroatoms. The summed E-state index contributed by atoms with van der Waals surface area (Å²) in [6, 6.07) is -0.844. The summed E-state index contributed by atoms with van der Waals surface area (Å²) in [5.41, 5.74) is 0. The molecule has 0 radical (unpaired) electrons. The quantitative estimate of drug-likeness (QED) is 0.742. The topological polar surface area (TPSA) is 60.9 Å². The molecule has 17 heavy (non-hydrogen) atoms. The number of likely N-dealkylation sites (tertiary alicyclic amines) is 1. The molecule has 1 saturated heterocycles. The van der Waals surface area contributed by atoms with Crippen LogP contribution in [0, 0.1) is 0 Å². The first-order valence-electron chi connectivity index (χ1n) is 6.01. The molecule has 1 fully saturated rings. The van der Waals surface area contributed by atoms with Crippen molar-refractivity contribution in [2.24, 2.45) is 0 Å². The van der Waals surface area contributed by atoms with Gasteiger partial charge in [-0.05, 0) is 19.3 Å². The summed E-state index contributed by atoms with van der Waals surface area (Å²) in [6.07, 6.45) is 3.83. The van der Waals surface area contributed by atoms with E-state index in [0.717, 1.165) is 12.8 Å². The summed E-state index contributed by atoms with van der Waals surface area (Å²) in [5, 5.41) is 9.04. The molecular weight excluding hydrogens is 220 g/mol. The minimum Gasteiger partial charge on any atom is -0.480 e. The highest BCUT2D eigenvalue weighted by molar-refractivity contribution is 5.83. The van der Waals surface area contributed by atoms with Crippen LogP contribution in [-0.4, -0.2) is 52.6 Å². The van der Waals surface area contributed by atoms with Crippen LogP contribution in [0.15, 0.2) is 12.7 Å². The zero-order chi connectivity index (χ0) is 12.8. The van der Waals surface area contributed by atoms with Crippen LogP contribution in [0.2, 0.25) is 0 Å². The van der Waals surface area contributed by atoms with Crippen LogP contribution >= 0.6 is 0 Å². The first kappa shape index (κ1) is 13.5. The van der Waals surface area contributed by atoms with Crippen molar-refractivity contribution in [2.75, 3.05) is 19.6 Å². The van der Waals surface area contributed by atoms with E-state index in [1.165, 1.54) is 4.90 Å². The lowest BCUT2D eigenvalue weighted by atomic mass is 10.2. The summed E-state index contributed by atoms with van der Waals surface area (Å²) in [6.45, 7) is 7.24. The Hall–Kier alpha value is -1.52. The molecule has 1 aliphatic rings. The van der Waals surface area contributed by atoms with E-state index in [9.17, 15) is 9.59 Å². The van der Waals surface area contributed by atoms with E-state index < -0.39 is 12.0 Å². The van der Waals surface area contributed by atoms with Crippen molar-refractivity contribution in [3.8, 4) is 0 Å². The highest BCUT2D eigenvalue weighted by Crippen LogP contribution is 2.19. The van der Waals surface area contributed by atoms with Crippen molar-refractivity contribution < 1.29 is 14.7 Å². The zero-order valence-corrected chi connectivity index (χ0v) is 10.3. The molecule has 96 valence electrons. The van der Waals surface area contributed by atoms with E-state index in [2.05, 4.69) is 6.58 Å². The van der Waals surface area contributed by atoms with Gasteiger partial charge in [-0.15, -0.1) is 6.58 Å². The number of hydrogen-bond donors (Lipinski definition) is 1. The molecule has 1 rings (SSSR count). The Labute approximate surface area is 102 Å². The fraction of sp³-hybridized carbons (Fsp3) is 0.667. The van der Waals surface area contributed by atoms with Crippen LogP contribution < -0.4 is 0 Å². The number of amides is 2. The lowest BCUT2D eigenvalue weighted by Gasteiger charge is -2.29. The number of aliphatic carboxylic acids is 1. The third-order valence-electron chi connectivity index (χ3n) is 2.90. The van der Waals surface area contributed by atoms with Gasteiger partial charge in [0.05, 0.1) is 0 Å². The smallest absolute Gasteiger partial charge is 0.326 e. The minimum absolute atomic E-state index is 0.184. The lowest BCUT2D eigenvalue weighted by molar-refractivity contribution is -0.141. The molecule has 0 aromatic rings. The average molecular weight is 240 g/mol. The third kappa shape index (κ3) is 3.22. The molecule has 0 aromatic carbocycles. The second kappa shape index (κ2) is 6.27. The molecule has 0 aliphatic carbocycles. The summed E-state index contributed by atoms with van der Waals surface area (Å²) in [5.74, 6) is -0.911. The fourth-order valence-electron chi connectivity index (χ4n) is 2.12. The minimum atomic E-state index is -0.911. The molecule has 1 heterocycles. The summed E-state index contributed by atoms with van der Waals surface area (Å²) in [7, 11) is 0. The Kier molecular flexibility index (Phi) is 5.00. The number of carbonyl (C=O) groups is 2. The van der Waals surface area contributed by atoms with Gasteiger partial charge < -0.3 is 14.9 Å². The predicted molar refractivity (Wildman–Crippen MR) is 64.8 cm³/mol. The van der Waals surface area contributed by atoms with Crippen molar-refractivity contribution in [2.45, 2.75) is 32.2 Å². The molecule has 2 amide bonds. The average Bonchev–Trinajstić information content (AvgIpc) is 2.76. The van der Waals surface area contributed by atoms with Gasteiger partial charge in [-0.25, -0.2) is 9.59 Å². The molecule has 1 atom stereocenters. The standard InChI is InChI=1S/C12H20N2O3/c1-3-7-13(8-4-2)12(17)14-9-5-6-10(14)11(15)16/h3,10H,1,4-9H2,2H3,(H,15,16)/t10-/m0/s1. The van der Waals surface area contributed by atoms with Crippen LogP contribution in [0.25, 0.3) is 0 Å². The first-order valence-corrected chi connectivity index (χ1v) is 6.01. The van der Waals surface area contributed by atoms with Crippen LogP contribution in [0.3, 0.4) is 0 Å². The van der Waals surface area contributed by atoms with E-state index in [1.54, 1.807) is 11.0 Å². The fourth-order valence-corrected chi connectivity index (χ4v) is 2.12. The normalized spacial score (nSPS) is 19.1. The molecule has 0 bridgehead atoms. The van der Waals surface area contributed by atoms with Gasteiger partial charge in [0.1, 0.15) is 6.04 Å². The van der Waals surface area contributed by atoms with E-state index in [0.29, 0.717) is 26.1 Å². The number of nitrogens with zero attached hydrogens (tertiary/aromatic N) is 2. The molecule has 5 nitrogen and oxygen atoms in total. The largest absolute Gasteiger partial charge is 0.480 e. The Morgan fingerprint density at radius 2 is 2.29 bits per heavy atom. The Balaban J connectivity index is 2.71. The summed E-state index contributed by atoms with van der Waals surface area (Å²) in [4.78, 5) is 26.3. The molecule has 0 unspecified atom stereocenters.